The molecule has 0 radical (unpaired) electrons. The van der Waals surface area contributed by atoms with Gasteiger partial charge >= 0.3 is 5.97 Å². The first-order valence-electron chi connectivity index (χ1n) is 27.1. The quantitative estimate of drug-likeness (QED) is 0.0286. The number of ether oxygens (including phenoxy) is 2. The predicted molar refractivity (Wildman–Crippen MR) is 271 cm³/mol. The molecule has 9 heteroatoms. The van der Waals surface area contributed by atoms with Gasteiger partial charge in [0.2, 0.25) is 0 Å². The highest BCUT2D eigenvalue weighted by Gasteiger charge is 2.20. The largest absolute Gasteiger partial charge is 0.465 e. The highest BCUT2D eigenvalue weighted by Crippen LogP contribution is 2.18. The monoisotopic (exact) mass is 890 g/mol. The summed E-state index contributed by atoms with van der Waals surface area (Å²) >= 11 is 0. The summed E-state index contributed by atoms with van der Waals surface area (Å²) in [5, 5.41) is 6.31. The Morgan fingerprint density at radius 2 is 0.857 bits per heavy atom. The van der Waals surface area contributed by atoms with Crippen molar-refractivity contribution in [2.24, 2.45) is 0 Å². The van der Waals surface area contributed by atoms with Crippen molar-refractivity contribution in [2.75, 3.05) is 43.4 Å². The van der Waals surface area contributed by atoms with Gasteiger partial charge in [-0.2, -0.15) is 0 Å². The SMILES string of the molecule is CCCCCCCCC(CCCCCCCC)OC=O.CCCCCCCCN(CCCCCCCC(=O)OC(CCC)CCCCCC)CCCNc1c(NCCC)c(=O)c1=O. The molecule has 0 bridgehead atoms. The van der Waals surface area contributed by atoms with Gasteiger partial charge in [-0.1, -0.05) is 183 Å². The molecule has 0 spiro atoms. The molecule has 1 unspecified atom stereocenters. The van der Waals surface area contributed by atoms with E-state index in [2.05, 4.69) is 50.2 Å². The molecule has 0 aromatic heterocycles. The van der Waals surface area contributed by atoms with E-state index in [1.165, 1.54) is 148 Å². The van der Waals surface area contributed by atoms with Crippen molar-refractivity contribution < 1.29 is 19.1 Å². The third-order valence-corrected chi connectivity index (χ3v) is 12.4. The van der Waals surface area contributed by atoms with Crippen LogP contribution in [0.4, 0.5) is 11.4 Å². The van der Waals surface area contributed by atoms with E-state index in [1.807, 2.05) is 6.92 Å². The van der Waals surface area contributed by atoms with Crippen LogP contribution >= 0.6 is 0 Å². The van der Waals surface area contributed by atoms with Crippen LogP contribution in [0.1, 0.15) is 266 Å². The van der Waals surface area contributed by atoms with Crippen LogP contribution in [0.5, 0.6) is 0 Å². The molecule has 0 amide bonds. The molecule has 0 heterocycles. The fourth-order valence-electron chi connectivity index (χ4n) is 8.37. The van der Waals surface area contributed by atoms with Crippen molar-refractivity contribution in [1.82, 2.24) is 4.90 Å². The number of carbonyl (C=O) groups excluding carboxylic acids is 2. The summed E-state index contributed by atoms with van der Waals surface area (Å²) in [5.74, 6) is -0.00958. The minimum absolute atomic E-state index is 0.00958. The Hall–Kier alpha value is -2.42. The molecule has 0 saturated heterocycles. The van der Waals surface area contributed by atoms with E-state index in [0.717, 1.165) is 90.3 Å². The standard InChI is InChI=1S/C36H67N3O4.C18H36O2/c1-5-9-11-13-16-20-28-39(30-22-27-38-34-33(37-26-8-4)35(41)36(34)42)29-21-17-14-15-19-25-32(40)43-31(23-7-3)24-18-12-10-6-2;1-3-5-7-9-11-13-15-18(20-17-19)16-14-12-10-8-6-4-2/h31,37-38H,5-30H2,1-4H3;17-18H,3-16H2,1-2H3. The van der Waals surface area contributed by atoms with Crippen molar-refractivity contribution in [3.63, 3.8) is 0 Å². The number of unbranched alkanes of at least 4 members (excludes halogenated alkanes) is 22. The van der Waals surface area contributed by atoms with Crippen LogP contribution < -0.4 is 21.5 Å². The normalized spacial score (nSPS) is 11.8. The first kappa shape index (κ1) is 60.6. The number of hydrogen-bond donors (Lipinski definition) is 2. The van der Waals surface area contributed by atoms with Gasteiger partial charge in [-0.05, 0) is 96.7 Å². The fourth-order valence-corrected chi connectivity index (χ4v) is 8.37. The van der Waals surface area contributed by atoms with E-state index in [1.54, 1.807) is 0 Å². The Morgan fingerprint density at radius 1 is 0.460 bits per heavy atom. The summed E-state index contributed by atoms with van der Waals surface area (Å²) < 4.78 is 11.0. The van der Waals surface area contributed by atoms with Gasteiger partial charge in [-0.15, -0.1) is 0 Å². The Morgan fingerprint density at radius 3 is 1.32 bits per heavy atom. The van der Waals surface area contributed by atoms with Crippen LogP contribution in [0.25, 0.3) is 0 Å². The van der Waals surface area contributed by atoms with Crippen molar-refractivity contribution in [2.45, 2.75) is 278 Å². The predicted octanol–water partition coefficient (Wildman–Crippen LogP) is 14.6. The number of anilines is 2. The first-order valence-corrected chi connectivity index (χ1v) is 27.1. The lowest BCUT2D eigenvalue weighted by Crippen LogP contribution is -2.38. The maximum atomic E-state index is 12.4. The molecular formula is C54H103N3O6. The summed E-state index contributed by atoms with van der Waals surface area (Å²) in [6, 6.07) is 0. The smallest absolute Gasteiger partial charge is 0.306 e. The Bertz CT molecular complexity index is 1200. The molecule has 9 nitrogen and oxygen atoms in total. The number of nitrogens with zero attached hydrogens (tertiary/aromatic N) is 1. The molecule has 1 atom stereocenters. The second kappa shape index (κ2) is 46.1. The number of hydrogen-bond acceptors (Lipinski definition) is 9. The summed E-state index contributed by atoms with van der Waals surface area (Å²) in [4.78, 5) is 49.3. The number of rotatable bonds is 47. The fraction of sp³-hybridized carbons (Fsp3) is 0.889. The molecule has 0 saturated carbocycles. The molecule has 1 aromatic rings. The van der Waals surface area contributed by atoms with Crippen LogP contribution in [0.3, 0.4) is 0 Å². The molecule has 0 aliphatic rings. The molecule has 370 valence electrons. The van der Waals surface area contributed by atoms with Gasteiger partial charge in [0.25, 0.3) is 17.3 Å². The second-order valence-electron chi connectivity index (χ2n) is 18.5. The van der Waals surface area contributed by atoms with Gasteiger partial charge in [-0.25, -0.2) is 0 Å². The number of carbonyl (C=O) groups is 2. The van der Waals surface area contributed by atoms with Crippen LogP contribution in [0, 0.1) is 0 Å². The third kappa shape index (κ3) is 35.5. The zero-order valence-corrected chi connectivity index (χ0v) is 42.4. The molecule has 0 fully saturated rings. The summed E-state index contributed by atoms with van der Waals surface area (Å²) in [7, 11) is 0. The van der Waals surface area contributed by atoms with E-state index in [-0.39, 0.29) is 23.6 Å². The number of nitrogens with one attached hydrogen (secondary N) is 2. The maximum Gasteiger partial charge on any atom is 0.306 e. The highest BCUT2D eigenvalue weighted by atomic mass is 16.5. The topological polar surface area (TPSA) is 114 Å². The summed E-state index contributed by atoms with van der Waals surface area (Å²) in [6.45, 7) is 18.4. The van der Waals surface area contributed by atoms with E-state index >= 15 is 0 Å². The average molecular weight is 890 g/mol. The van der Waals surface area contributed by atoms with E-state index in [4.69, 9.17) is 9.47 Å². The Kier molecular flexibility index (Phi) is 44.4. The minimum Gasteiger partial charge on any atom is -0.465 e. The van der Waals surface area contributed by atoms with Gasteiger partial charge in [0.1, 0.15) is 23.6 Å². The van der Waals surface area contributed by atoms with Crippen LogP contribution in [0.15, 0.2) is 9.59 Å². The van der Waals surface area contributed by atoms with E-state index < -0.39 is 5.43 Å². The Labute approximate surface area is 388 Å². The Balaban J connectivity index is 0.00000161. The zero-order chi connectivity index (χ0) is 46.4. The minimum atomic E-state index is -0.393. The molecule has 1 rings (SSSR count). The van der Waals surface area contributed by atoms with E-state index in [9.17, 15) is 19.2 Å². The summed E-state index contributed by atoms with van der Waals surface area (Å²) in [6.07, 6.45) is 41.7. The summed E-state index contributed by atoms with van der Waals surface area (Å²) in [5.41, 5.74) is 0.153. The average Bonchev–Trinajstić information content (AvgIpc) is 3.28. The molecular weight excluding hydrogens is 787 g/mol. The van der Waals surface area contributed by atoms with E-state index in [0.29, 0.717) is 37.4 Å². The van der Waals surface area contributed by atoms with Crippen LogP contribution in [-0.4, -0.2) is 62.3 Å². The van der Waals surface area contributed by atoms with Crippen molar-refractivity contribution in [3.05, 3.63) is 20.4 Å². The third-order valence-electron chi connectivity index (χ3n) is 12.4. The zero-order valence-electron chi connectivity index (χ0n) is 42.4. The van der Waals surface area contributed by atoms with Crippen molar-refractivity contribution >= 4 is 23.8 Å². The lowest BCUT2D eigenvalue weighted by molar-refractivity contribution is -0.150. The van der Waals surface area contributed by atoms with Crippen LogP contribution in [-0.2, 0) is 19.1 Å². The van der Waals surface area contributed by atoms with Crippen molar-refractivity contribution in [3.8, 4) is 0 Å². The van der Waals surface area contributed by atoms with Gasteiger partial charge in [0.15, 0.2) is 0 Å². The van der Waals surface area contributed by atoms with Gasteiger partial charge in [0, 0.05) is 19.5 Å². The molecule has 0 aliphatic heterocycles. The lowest BCUT2D eigenvalue weighted by atomic mass is 10.0. The first-order chi connectivity index (χ1) is 30.8. The maximum absolute atomic E-state index is 12.4. The molecule has 2 N–H and O–H groups in total. The highest BCUT2D eigenvalue weighted by molar-refractivity contribution is 5.73. The number of esters is 1. The van der Waals surface area contributed by atoms with Crippen LogP contribution in [0.2, 0.25) is 0 Å². The molecule has 63 heavy (non-hydrogen) atoms. The van der Waals surface area contributed by atoms with Gasteiger partial charge in [-0.3, -0.25) is 19.2 Å². The second-order valence-corrected chi connectivity index (χ2v) is 18.5. The van der Waals surface area contributed by atoms with Gasteiger partial charge in [0.05, 0.1) is 0 Å². The van der Waals surface area contributed by atoms with Crippen molar-refractivity contribution in [1.29, 1.82) is 0 Å². The molecule has 1 aromatic carbocycles. The molecule has 0 aliphatic carbocycles. The van der Waals surface area contributed by atoms with Gasteiger partial charge < -0.3 is 25.0 Å². The lowest BCUT2D eigenvalue weighted by Gasteiger charge is -2.23.